The van der Waals surface area contributed by atoms with Crippen molar-refractivity contribution >= 4 is 39.1 Å². The molecule has 9 heteroatoms. The fourth-order valence-electron chi connectivity index (χ4n) is 2.50. The summed E-state index contributed by atoms with van der Waals surface area (Å²) in [7, 11) is 0. The highest BCUT2D eigenvalue weighted by Crippen LogP contribution is 2.42. The summed E-state index contributed by atoms with van der Waals surface area (Å²) in [4.78, 5) is 12.6. The molecule has 0 aromatic heterocycles. The van der Waals surface area contributed by atoms with Crippen molar-refractivity contribution in [2.24, 2.45) is 5.10 Å². The number of carbonyl (C=O) groups excluding carboxylic acids is 1. The number of hydrazone groups is 1. The second-order valence-corrected chi connectivity index (χ2v) is 7.02. The Bertz CT molecular complexity index is 869. The first kappa shape index (κ1) is 18.9. The Morgan fingerprint density at radius 1 is 1.15 bits per heavy atom. The molecule has 136 valence electrons. The molecule has 2 aromatic carbocycles. The van der Waals surface area contributed by atoms with Crippen LogP contribution in [0.15, 0.2) is 58.1 Å². The summed E-state index contributed by atoms with van der Waals surface area (Å²) in [6.07, 6.45) is -5.95. The second kappa shape index (κ2) is 6.68. The van der Waals surface area contributed by atoms with Crippen molar-refractivity contribution < 1.29 is 23.1 Å². The molecule has 0 fully saturated rings. The molecule has 1 amide bonds. The van der Waals surface area contributed by atoms with Gasteiger partial charge in [0.25, 0.3) is 11.6 Å². The maximum absolute atomic E-state index is 13.5. The van der Waals surface area contributed by atoms with Gasteiger partial charge in [-0.2, -0.15) is 23.3 Å². The molecule has 2 aromatic rings. The molecule has 26 heavy (non-hydrogen) atoms. The van der Waals surface area contributed by atoms with Crippen LogP contribution < -0.4 is 0 Å². The van der Waals surface area contributed by atoms with Gasteiger partial charge in [-0.3, -0.25) is 4.79 Å². The molecule has 4 nitrogen and oxygen atoms in total. The lowest BCUT2D eigenvalue weighted by molar-refractivity contribution is -0.297. The minimum absolute atomic E-state index is 0.0420. The van der Waals surface area contributed by atoms with Gasteiger partial charge in [0.05, 0.1) is 12.1 Å². The van der Waals surface area contributed by atoms with Crippen LogP contribution in [-0.4, -0.2) is 33.6 Å². The van der Waals surface area contributed by atoms with E-state index in [1.165, 1.54) is 24.3 Å². The SMILES string of the molecule is O=C(c1ccc(Cl)cc1)N1N=C(c2ccc(Br)cc2)CC1(O)C(F)(F)F. The highest BCUT2D eigenvalue weighted by molar-refractivity contribution is 9.10. The molecule has 0 aliphatic carbocycles. The van der Waals surface area contributed by atoms with E-state index in [1.807, 2.05) is 0 Å². The van der Waals surface area contributed by atoms with Gasteiger partial charge in [-0.1, -0.05) is 39.7 Å². The largest absolute Gasteiger partial charge is 0.438 e. The predicted molar refractivity (Wildman–Crippen MR) is 93.9 cm³/mol. The zero-order chi connectivity index (χ0) is 19.1. The fraction of sp³-hybridized carbons (Fsp3) is 0.176. The van der Waals surface area contributed by atoms with Crippen molar-refractivity contribution in [3.63, 3.8) is 0 Å². The van der Waals surface area contributed by atoms with Crippen LogP contribution in [0.3, 0.4) is 0 Å². The van der Waals surface area contributed by atoms with Crippen molar-refractivity contribution in [1.82, 2.24) is 5.01 Å². The van der Waals surface area contributed by atoms with Crippen LogP contribution in [0.25, 0.3) is 0 Å². The van der Waals surface area contributed by atoms with Gasteiger partial charge in [0, 0.05) is 15.1 Å². The summed E-state index contributed by atoms with van der Waals surface area (Å²) in [5.41, 5.74) is -3.16. The lowest BCUT2D eigenvalue weighted by Crippen LogP contribution is -2.56. The van der Waals surface area contributed by atoms with Gasteiger partial charge < -0.3 is 5.11 Å². The molecule has 3 rings (SSSR count). The number of aliphatic hydroxyl groups is 1. The molecule has 1 aliphatic rings. The summed E-state index contributed by atoms with van der Waals surface area (Å²) in [5.74, 6) is -1.08. The normalized spacial score (nSPS) is 20.2. The van der Waals surface area contributed by atoms with Gasteiger partial charge in [0.15, 0.2) is 0 Å². The van der Waals surface area contributed by atoms with E-state index in [-0.39, 0.29) is 16.3 Å². The second-order valence-electron chi connectivity index (χ2n) is 5.67. The Balaban J connectivity index is 2.03. The third kappa shape index (κ3) is 3.36. The van der Waals surface area contributed by atoms with Crippen LogP contribution in [0.5, 0.6) is 0 Å². The number of hydrogen-bond acceptors (Lipinski definition) is 3. The summed E-state index contributed by atoms with van der Waals surface area (Å²) < 4.78 is 41.4. The van der Waals surface area contributed by atoms with Crippen LogP contribution in [0.1, 0.15) is 22.3 Å². The van der Waals surface area contributed by atoms with E-state index < -0.39 is 24.2 Å². The molecule has 0 radical (unpaired) electrons. The molecule has 1 heterocycles. The van der Waals surface area contributed by atoms with Crippen LogP contribution in [-0.2, 0) is 0 Å². The lowest BCUT2D eigenvalue weighted by Gasteiger charge is -2.32. The fourth-order valence-corrected chi connectivity index (χ4v) is 2.89. The zero-order valence-corrected chi connectivity index (χ0v) is 15.3. The summed E-state index contributed by atoms with van der Waals surface area (Å²) in [6, 6.07) is 11.7. The number of rotatable bonds is 2. The van der Waals surface area contributed by atoms with Gasteiger partial charge >= 0.3 is 6.18 Å². The molecule has 0 saturated heterocycles. The maximum Gasteiger partial charge on any atom is 0.438 e. The lowest BCUT2D eigenvalue weighted by atomic mass is 10.0. The number of hydrogen-bond donors (Lipinski definition) is 1. The van der Waals surface area contributed by atoms with E-state index in [2.05, 4.69) is 21.0 Å². The first-order valence-corrected chi connectivity index (χ1v) is 8.51. The van der Waals surface area contributed by atoms with Crippen LogP contribution in [0, 0.1) is 0 Å². The van der Waals surface area contributed by atoms with Crippen molar-refractivity contribution in [3.05, 3.63) is 69.2 Å². The van der Waals surface area contributed by atoms with Crippen molar-refractivity contribution in [2.45, 2.75) is 18.3 Å². The molecule has 1 atom stereocenters. The van der Waals surface area contributed by atoms with Gasteiger partial charge in [-0.15, -0.1) is 0 Å². The number of carbonyl (C=O) groups is 1. The first-order valence-electron chi connectivity index (χ1n) is 7.34. The Hall–Kier alpha value is -1.90. The molecule has 0 saturated carbocycles. The Kier molecular flexibility index (Phi) is 4.85. The van der Waals surface area contributed by atoms with Crippen molar-refractivity contribution in [1.29, 1.82) is 0 Å². The minimum Gasteiger partial charge on any atom is -0.362 e. The Morgan fingerprint density at radius 2 is 1.73 bits per heavy atom. The molecule has 0 bridgehead atoms. The molecular weight excluding hydrogens is 437 g/mol. The highest BCUT2D eigenvalue weighted by Gasteiger charge is 2.63. The standard InChI is InChI=1S/C17H11BrClF3N2O2/c18-12-5-1-10(2-6-12)14-9-16(26,17(20,21)22)24(23-14)15(25)11-3-7-13(19)8-4-11/h1-8,26H,9H2. The number of amides is 1. The van der Waals surface area contributed by atoms with Gasteiger partial charge in [0.1, 0.15) is 0 Å². The smallest absolute Gasteiger partial charge is 0.362 e. The summed E-state index contributed by atoms with van der Waals surface area (Å²) in [5, 5.41) is 14.5. The van der Waals surface area contributed by atoms with Gasteiger partial charge in [0.2, 0.25) is 0 Å². The Morgan fingerprint density at radius 3 is 2.27 bits per heavy atom. The van der Waals surface area contributed by atoms with E-state index in [9.17, 15) is 23.1 Å². The van der Waals surface area contributed by atoms with Crippen molar-refractivity contribution in [2.75, 3.05) is 0 Å². The maximum atomic E-state index is 13.5. The Labute approximate surface area is 160 Å². The minimum atomic E-state index is -5.09. The molecular formula is C17H11BrClF3N2O2. The molecule has 1 N–H and O–H groups in total. The average Bonchev–Trinajstić information content (AvgIpc) is 2.94. The highest BCUT2D eigenvalue weighted by atomic mass is 79.9. The molecule has 1 aliphatic heterocycles. The van der Waals surface area contributed by atoms with Gasteiger partial charge in [-0.05, 0) is 42.0 Å². The van der Waals surface area contributed by atoms with E-state index in [0.29, 0.717) is 10.6 Å². The molecule has 0 spiro atoms. The topological polar surface area (TPSA) is 52.9 Å². The average molecular weight is 448 g/mol. The number of nitrogens with zero attached hydrogens (tertiary/aromatic N) is 2. The zero-order valence-electron chi connectivity index (χ0n) is 13.0. The van der Waals surface area contributed by atoms with Crippen molar-refractivity contribution in [3.8, 4) is 0 Å². The predicted octanol–water partition coefficient (Wildman–Crippen LogP) is 4.60. The van der Waals surface area contributed by atoms with E-state index in [4.69, 9.17) is 11.6 Å². The first-order chi connectivity index (χ1) is 12.1. The summed E-state index contributed by atoms with van der Waals surface area (Å²) in [6.45, 7) is 0. The van der Waals surface area contributed by atoms with E-state index >= 15 is 0 Å². The van der Waals surface area contributed by atoms with Crippen LogP contribution >= 0.6 is 27.5 Å². The number of alkyl halides is 3. The van der Waals surface area contributed by atoms with Crippen LogP contribution in [0.4, 0.5) is 13.2 Å². The monoisotopic (exact) mass is 446 g/mol. The molecule has 1 unspecified atom stereocenters. The summed E-state index contributed by atoms with van der Waals surface area (Å²) >= 11 is 8.97. The quantitative estimate of drug-likeness (QED) is 0.731. The third-order valence-corrected chi connectivity index (χ3v) is 4.68. The number of halogens is 5. The van der Waals surface area contributed by atoms with Crippen LogP contribution in [0.2, 0.25) is 5.02 Å². The number of benzene rings is 2. The van der Waals surface area contributed by atoms with Gasteiger partial charge in [-0.25, -0.2) is 0 Å². The van der Waals surface area contributed by atoms with E-state index in [0.717, 1.165) is 4.47 Å². The third-order valence-electron chi connectivity index (χ3n) is 3.90. The van der Waals surface area contributed by atoms with E-state index in [1.54, 1.807) is 24.3 Å².